The SMILES string of the molecule is CC1(C)COP(=O)([O-])O[C@@H]1c1ccccc1Cl. The van der Waals surface area contributed by atoms with Crippen LogP contribution in [-0.2, 0) is 13.6 Å². The van der Waals surface area contributed by atoms with Crippen molar-refractivity contribution in [3.05, 3.63) is 34.9 Å². The van der Waals surface area contributed by atoms with E-state index in [1.54, 1.807) is 24.3 Å². The van der Waals surface area contributed by atoms with Gasteiger partial charge in [0.1, 0.15) is 0 Å². The predicted octanol–water partition coefficient (Wildman–Crippen LogP) is 2.92. The molecule has 0 N–H and O–H groups in total. The van der Waals surface area contributed by atoms with Crippen LogP contribution in [0.5, 0.6) is 0 Å². The van der Waals surface area contributed by atoms with E-state index in [9.17, 15) is 9.46 Å². The van der Waals surface area contributed by atoms with Crippen molar-refractivity contribution in [1.29, 1.82) is 0 Å². The molecular weight excluding hydrogens is 263 g/mol. The molecule has 94 valence electrons. The van der Waals surface area contributed by atoms with Gasteiger partial charge in [-0.2, -0.15) is 0 Å². The maximum Gasteiger partial charge on any atom is 0.268 e. The Morgan fingerprint density at radius 3 is 2.76 bits per heavy atom. The largest absolute Gasteiger partial charge is 0.756 e. The van der Waals surface area contributed by atoms with Crippen LogP contribution in [0.4, 0.5) is 0 Å². The van der Waals surface area contributed by atoms with Gasteiger partial charge in [0.05, 0.1) is 12.7 Å². The van der Waals surface area contributed by atoms with Crippen LogP contribution in [0.25, 0.3) is 0 Å². The van der Waals surface area contributed by atoms with Gasteiger partial charge in [-0.25, -0.2) is 0 Å². The third-order valence-corrected chi connectivity index (χ3v) is 3.99. The Kier molecular flexibility index (Phi) is 3.36. The summed E-state index contributed by atoms with van der Waals surface area (Å²) in [5, 5.41) is 0.493. The fraction of sp³-hybridized carbons (Fsp3) is 0.455. The second-order valence-corrected chi connectivity index (χ2v) is 6.49. The second kappa shape index (κ2) is 4.38. The highest BCUT2D eigenvalue weighted by Crippen LogP contribution is 2.56. The highest BCUT2D eigenvalue weighted by atomic mass is 35.5. The Morgan fingerprint density at radius 2 is 2.12 bits per heavy atom. The summed E-state index contributed by atoms with van der Waals surface area (Å²) in [6.45, 7) is 3.84. The molecule has 1 aliphatic rings. The summed E-state index contributed by atoms with van der Waals surface area (Å²) >= 11 is 6.07. The number of halogens is 1. The lowest BCUT2D eigenvalue weighted by atomic mass is 9.83. The first-order valence-electron chi connectivity index (χ1n) is 5.20. The Hall–Kier alpha value is -0.380. The molecule has 17 heavy (non-hydrogen) atoms. The molecule has 0 radical (unpaired) electrons. The van der Waals surface area contributed by atoms with Gasteiger partial charge in [0.15, 0.2) is 0 Å². The summed E-state index contributed by atoms with van der Waals surface area (Å²) in [5.74, 6) is 0. The van der Waals surface area contributed by atoms with Gasteiger partial charge < -0.3 is 13.9 Å². The van der Waals surface area contributed by atoms with E-state index in [2.05, 4.69) is 0 Å². The van der Waals surface area contributed by atoms with Crippen molar-refractivity contribution >= 4 is 19.4 Å². The molecule has 1 aromatic carbocycles. The summed E-state index contributed by atoms with van der Waals surface area (Å²) < 4.78 is 21.1. The molecule has 4 nitrogen and oxygen atoms in total. The van der Waals surface area contributed by atoms with Gasteiger partial charge in [-0.3, -0.25) is 4.57 Å². The molecule has 0 aliphatic carbocycles. The normalized spacial score (nSPS) is 32.4. The maximum absolute atomic E-state index is 11.4. The molecule has 2 rings (SSSR count). The first-order valence-corrected chi connectivity index (χ1v) is 7.04. The van der Waals surface area contributed by atoms with Crippen LogP contribution in [0.3, 0.4) is 0 Å². The Morgan fingerprint density at radius 1 is 1.47 bits per heavy atom. The van der Waals surface area contributed by atoms with Crippen LogP contribution in [-0.4, -0.2) is 6.61 Å². The zero-order valence-corrected chi connectivity index (χ0v) is 11.2. The van der Waals surface area contributed by atoms with E-state index in [1.807, 2.05) is 13.8 Å². The van der Waals surface area contributed by atoms with E-state index in [1.165, 1.54) is 0 Å². The van der Waals surface area contributed by atoms with Crippen molar-refractivity contribution in [2.75, 3.05) is 6.61 Å². The molecule has 2 atom stereocenters. The Labute approximate surface area is 105 Å². The highest BCUT2D eigenvalue weighted by molar-refractivity contribution is 7.45. The summed E-state index contributed by atoms with van der Waals surface area (Å²) in [6, 6.07) is 7.06. The number of phosphoric acid groups is 1. The van der Waals surface area contributed by atoms with E-state index < -0.39 is 19.3 Å². The van der Waals surface area contributed by atoms with Gasteiger partial charge in [-0.05, 0) is 6.07 Å². The molecule has 1 aromatic rings. The molecule has 1 heterocycles. The van der Waals surface area contributed by atoms with E-state index in [0.29, 0.717) is 10.6 Å². The minimum Gasteiger partial charge on any atom is -0.756 e. The van der Waals surface area contributed by atoms with Crippen LogP contribution >= 0.6 is 19.4 Å². The average molecular weight is 276 g/mol. The average Bonchev–Trinajstić information content (AvgIpc) is 2.23. The van der Waals surface area contributed by atoms with Crippen molar-refractivity contribution in [3.63, 3.8) is 0 Å². The van der Waals surface area contributed by atoms with Crippen molar-refractivity contribution in [3.8, 4) is 0 Å². The zero-order chi connectivity index (χ0) is 12.7. The molecule has 0 aromatic heterocycles. The van der Waals surface area contributed by atoms with E-state index in [-0.39, 0.29) is 6.61 Å². The Balaban J connectivity index is 2.41. The smallest absolute Gasteiger partial charge is 0.268 e. The highest BCUT2D eigenvalue weighted by Gasteiger charge is 2.41. The minimum atomic E-state index is -4.22. The molecule has 1 aliphatic heterocycles. The summed E-state index contributed by atoms with van der Waals surface area (Å²) in [7, 11) is -4.22. The van der Waals surface area contributed by atoms with Crippen LogP contribution in [0.2, 0.25) is 5.02 Å². The van der Waals surface area contributed by atoms with Crippen molar-refractivity contribution in [2.45, 2.75) is 20.0 Å². The molecule has 1 fully saturated rings. The van der Waals surface area contributed by atoms with Crippen molar-refractivity contribution < 1.29 is 18.5 Å². The van der Waals surface area contributed by atoms with Crippen molar-refractivity contribution in [1.82, 2.24) is 0 Å². The van der Waals surface area contributed by atoms with Gasteiger partial charge in [0, 0.05) is 16.0 Å². The first kappa shape index (κ1) is 13.1. The number of hydrogen-bond donors (Lipinski definition) is 0. The maximum atomic E-state index is 11.4. The third kappa shape index (κ3) is 2.72. The topological polar surface area (TPSA) is 58.6 Å². The van der Waals surface area contributed by atoms with Crippen LogP contribution in [0.15, 0.2) is 24.3 Å². The standard InChI is InChI=1S/C11H14ClO4P/c1-11(2)7-15-17(13,14)16-10(11)8-5-3-4-6-9(8)12/h3-6,10H,7H2,1-2H3,(H,13,14)/p-1/t10-/m1/s1. The zero-order valence-electron chi connectivity index (χ0n) is 9.55. The van der Waals surface area contributed by atoms with Gasteiger partial charge in [-0.1, -0.05) is 43.6 Å². The predicted molar refractivity (Wildman–Crippen MR) is 62.6 cm³/mol. The molecule has 6 heteroatoms. The van der Waals surface area contributed by atoms with E-state index in [0.717, 1.165) is 0 Å². The van der Waals surface area contributed by atoms with Gasteiger partial charge >= 0.3 is 0 Å². The van der Waals surface area contributed by atoms with Gasteiger partial charge in [0.25, 0.3) is 7.82 Å². The molecule has 0 amide bonds. The van der Waals surface area contributed by atoms with Crippen molar-refractivity contribution in [2.24, 2.45) is 5.41 Å². The second-order valence-electron chi connectivity index (χ2n) is 4.72. The first-order chi connectivity index (χ1) is 7.82. The number of phosphoric ester groups is 1. The molecule has 0 saturated carbocycles. The summed E-state index contributed by atoms with van der Waals surface area (Å²) in [6.07, 6.45) is -0.617. The minimum absolute atomic E-state index is 0.0870. The lowest BCUT2D eigenvalue weighted by molar-refractivity contribution is -0.250. The third-order valence-electron chi connectivity index (χ3n) is 2.73. The molecule has 1 unspecified atom stereocenters. The Bertz CT molecular complexity index is 474. The van der Waals surface area contributed by atoms with Crippen LogP contribution in [0, 0.1) is 5.41 Å². The van der Waals surface area contributed by atoms with E-state index in [4.69, 9.17) is 20.6 Å². The number of benzene rings is 1. The molecular formula is C11H13ClO4P-. The molecule has 0 bridgehead atoms. The summed E-state index contributed by atoms with van der Waals surface area (Å²) in [4.78, 5) is 11.4. The van der Waals surface area contributed by atoms with Crippen LogP contribution < -0.4 is 4.89 Å². The quantitative estimate of drug-likeness (QED) is 0.740. The monoisotopic (exact) mass is 275 g/mol. The lowest BCUT2D eigenvalue weighted by Crippen LogP contribution is -2.35. The van der Waals surface area contributed by atoms with Gasteiger partial charge in [-0.15, -0.1) is 0 Å². The van der Waals surface area contributed by atoms with Gasteiger partial charge in [0.2, 0.25) is 0 Å². The van der Waals surface area contributed by atoms with Crippen LogP contribution in [0.1, 0.15) is 25.5 Å². The fourth-order valence-electron chi connectivity index (χ4n) is 1.79. The lowest BCUT2D eigenvalue weighted by Gasteiger charge is -2.43. The van der Waals surface area contributed by atoms with E-state index >= 15 is 0 Å². The molecule has 1 saturated heterocycles. The fourth-order valence-corrected chi connectivity index (χ4v) is 3.23. The summed E-state index contributed by atoms with van der Waals surface area (Å²) in [5.41, 5.74) is 0.210. The number of rotatable bonds is 1. The number of hydrogen-bond acceptors (Lipinski definition) is 4. The molecule has 0 spiro atoms.